The van der Waals surface area contributed by atoms with Gasteiger partial charge in [-0.1, -0.05) is 35.5 Å². The molecule has 1 aliphatic rings. The van der Waals surface area contributed by atoms with E-state index in [9.17, 15) is 4.79 Å². The molecule has 3 aromatic rings. The van der Waals surface area contributed by atoms with Crippen LogP contribution >= 0.6 is 11.8 Å². The van der Waals surface area contributed by atoms with Crippen molar-refractivity contribution >= 4 is 17.7 Å². The van der Waals surface area contributed by atoms with E-state index in [1.807, 2.05) is 45.9 Å². The third kappa shape index (κ3) is 4.51. The lowest BCUT2D eigenvalue weighted by molar-refractivity contribution is -0.129. The first kappa shape index (κ1) is 20.5. The second-order valence-corrected chi connectivity index (χ2v) is 8.38. The second kappa shape index (κ2) is 9.34. The van der Waals surface area contributed by atoms with Crippen molar-refractivity contribution < 1.29 is 9.53 Å². The van der Waals surface area contributed by atoms with Crippen LogP contribution in [0, 0.1) is 6.92 Å². The fraction of sp³-hybridized carbons (Fsp3) is 0.348. The van der Waals surface area contributed by atoms with Gasteiger partial charge in [-0.25, -0.2) is 0 Å². The lowest BCUT2D eigenvalue weighted by Gasteiger charge is -2.26. The zero-order chi connectivity index (χ0) is 20.9. The van der Waals surface area contributed by atoms with E-state index in [0.29, 0.717) is 10.9 Å². The normalized spacial score (nSPS) is 14.0. The maximum Gasteiger partial charge on any atom is 0.233 e. The number of hydrogen-bond acceptors (Lipinski definition) is 5. The number of carbonyl (C=O) groups excluding carboxylic acids is 1. The summed E-state index contributed by atoms with van der Waals surface area (Å²) in [4.78, 5) is 14.6. The van der Waals surface area contributed by atoms with Gasteiger partial charge in [-0.2, -0.15) is 0 Å². The summed E-state index contributed by atoms with van der Waals surface area (Å²) >= 11 is 1.44. The highest BCUT2D eigenvalue weighted by molar-refractivity contribution is 7.99. The molecule has 0 unspecified atom stereocenters. The van der Waals surface area contributed by atoms with Crippen molar-refractivity contribution in [3.8, 4) is 22.8 Å². The minimum atomic E-state index is 0.168. The maximum atomic E-state index is 12.7. The molecule has 2 aromatic carbocycles. The molecule has 0 radical (unpaired) electrons. The van der Waals surface area contributed by atoms with Crippen LogP contribution in [0.1, 0.15) is 24.8 Å². The number of piperidine rings is 1. The van der Waals surface area contributed by atoms with Gasteiger partial charge in [-0.3, -0.25) is 9.36 Å². The Bertz CT molecular complexity index is 1010. The van der Waals surface area contributed by atoms with E-state index >= 15 is 0 Å². The smallest absolute Gasteiger partial charge is 0.233 e. The molecular formula is C23H26N4O2S. The summed E-state index contributed by atoms with van der Waals surface area (Å²) in [6.45, 7) is 3.78. The van der Waals surface area contributed by atoms with Gasteiger partial charge in [0.05, 0.1) is 12.9 Å². The SMILES string of the molecule is COc1ccc(-n2c(SCC(=O)N3CCCCC3)nnc2-c2cccc(C)c2)cc1. The summed E-state index contributed by atoms with van der Waals surface area (Å²) < 4.78 is 7.31. The number of aromatic nitrogens is 3. The number of hydrogen-bond donors (Lipinski definition) is 0. The van der Waals surface area contributed by atoms with E-state index in [1.54, 1.807) is 7.11 Å². The standard InChI is InChI=1S/C23H26N4O2S/c1-17-7-6-8-18(15-17)22-24-25-23(27(22)19-9-11-20(29-2)12-10-19)30-16-21(28)26-13-4-3-5-14-26/h6-12,15H,3-5,13-14,16H2,1-2H3. The molecule has 7 heteroatoms. The zero-order valence-corrected chi connectivity index (χ0v) is 18.2. The van der Waals surface area contributed by atoms with Gasteiger partial charge >= 0.3 is 0 Å². The van der Waals surface area contributed by atoms with Gasteiger partial charge in [0.2, 0.25) is 5.91 Å². The van der Waals surface area contributed by atoms with Crippen molar-refractivity contribution in [2.45, 2.75) is 31.3 Å². The van der Waals surface area contributed by atoms with E-state index in [0.717, 1.165) is 54.3 Å². The van der Waals surface area contributed by atoms with Gasteiger partial charge in [0.25, 0.3) is 0 Å². The Balaban J connectivity index is 1.64. The predicted octanol–water partition coefficient (Wildman–Crippen LogP) is 4.36. The predicted molar refractivity (Wildman–Crippen MR) is 119 cm³/mol. The van der Waals surface area contributed by atoms with E-state index in [-0.39, 0.29) is 5.91 Å². The molecule has 0 atom stereocenters. The number of ether oxygens (including phenoxy) is 1. The molecule has 156 valence electrons. The van der Waals surface area contributed by atoms with Crippen LogP contribution in [0.4, 0.5) is 0 Å². The molecular weight excluding hydrogens is 396 g/mol. The first-order valence-corrected chi connectivity index (χ1v) is 11.2. The number of aryl methyl sites for hydroxylation is 1. The van der Waals surface area contributed by atoms with Crippen LogP contribution in [0.5, 0.6) is 5.75 Å². The number of benzene rings is 2. The van der Waals surface area contributed by atoms with Crippen LogP contribution in [0.2, 0.25) is 0 Å². The van der Waals surface area contributed by atoms with E-state index in [2.05, 4.69) is 29.3 Å². The van der Waals surface area contributed by atoms with Crippen LogP contribution in [0.25, 0.3) is 17.1 Å². The largest absolute Gasteiger partial charge is 0.497 e. The van der Waals surface area contributed by atoms with Crippen molar-refractivity contribution in [1.29, 1.82) is 0 Å². The number of nitrogens with zero attached hydrogens (tertiary/aromatic N) is 4. The Morgan fingerprint density at radius 3 is 2.53 bits per heavy atom. The van der Waals surface area contributed by atoms with Crippen LogP contribution in [0.3, 0.4) is 0 Å². The Hall–Kier alpha value is -2.80. The van der Waals surface area contributed by atoms with Crippen molar-refractivity contribution in [2.75, 3.05) is 26.0 Å². The van der Waals surface area contributed by atoms with Crippen molar-refractivity contribution in [2.24, 2.45) is 0 Å². The Kier molecular flexibility index (Phi) is 6.38. The Morgan fingerprint density at radius 2 is 1.83 bits per heavy atom. The molecule has 1 aliphatic heterocycles. The van der Waals surface area contributed by atoms with Crippen LogP contribution in [0.15, 0.2) is 53.7 Å². The summed E-state index contributed by atoms with van der Waals surface area (Å²) in [7, 11) is 1.65. The molecule has 4 rings (SSSR count). The highest BCUT2D eigenvalue weighted by Crippen LogP contribution is 2.29. The Labute approximate surface area is 181 Å². The third-order valence-electron chi connectivity index (χ3n) is 5.27. The van der Waals surface area contributed by atoms with Crippen molar-refractivity contribution in [3.05, 3.63) is 54.1 Å². The average Bonchev–Trinajstić information content (AvgIpc) is 3.22. The highest BCUT2D eigenvalue weighted by Gasteiger charge is 2.20. The molecule has 30 heavy (non-hydrogen) atoms. The number of amides is 1. The topological polar surface area (TPSA) is 60.2 Å². The van der Waals surface area contributed by atoms with Gasteiger partial charge in [-0.05, 0) is 56.5 Å². The van der Waals surface area contributed by atoms with Gasteiger partial charge in [0.15, 0.2) is 11.0 Å². The Morgan fingerprint density at radius 1 is 1.07 bits per heavy atom. The number of carbonyl (C=O) groups is 1. The fourth-order valence-corrected chi connectivity index (χ4v) is 4.51. The quantitative estimate of drug-likeness (QED) is 0.553. The third-order valence-corrected chi connectivity index (χ3v) is 6.19. The second-order valence-electron chi connectivity index (χ2n) is 7.44. The molecule has 6 nitrogen and oxygen atoms in total. The first-order valence-electron chi connectivity index (χ1n) is 10.2. The van der Waals surface area contributed by atoms with Crippen LogP contribution < -0.4 is 4.74 Å². The van der Waals surface area contributed by atoms with Gasteiger partial charge in [-0.15, -0.1) is 10.2 Å². The molecule has 1 fully saturated rings. The minimum absolute atomic E-state index is 0.168. The monoisotopic (exact) mass is 422 g/mol. The molecule has 1 amide bonds. The molecule has 2 heterocycles. The maximum absolute atomic E-state index is 12.7. The number of likely N-dealkylation sites (tertiary alicyclic amines) is 1. The van der Waals surface area contributed by atoms with Crippen molar-refractivity contribution in [3.63, 3.8) is 0 Å². The molecule has 0 bridgehead atoms. The van der Waals surface area contributed by atoms with Gasteiger partial charge in [0, 0.05) is 24.3 Å². The van der Waals surface area contributed by atoms with Crippen LogP contribution in [-0.2, 0) is 4.79 Å². The van der Waals surface area contributed by atoms with Gasteiger partial charge < -0.3 is 9.64 Å². The molecule has 1 aromatic heterocycles. The average molecular weight is 423 g/mol. The number of rotatable bonds is 6. The molecule has 0 N–H and O–H groups in total. The van der Waals surface area contributed by atoms with E-state index in [1.165, 1.54) is 18.2 Å². The molecule has 0 spiro atoms. The van der Waals surface area contributed by atoms with E-state index < -0.39 is 0 Å². The summed E-state index contributed by atoms with van der Waals surface area (Å²) in [5.74, 6) is 2.08. The van der Waals surface area contributed by atoms with Crippen LogP contribution in [-0.4, -0.2) is 51.5 Å². The van der Waals surface area contributed by atoms with Gasteiger partial charge in [0.1, 0.15) is 5.75 Å². The first-order chi connectivity index (χ1) is 14.7. The highest BCUT2D eigenvalue weighted by atomic mass is 32.2. The summed E-state index contributed by atoms with van der Waals surface area (Å²) in [5.41, 5.74) is 3.09. The number of methoxy groups -OCH3 is 1. The number of thioether (sulfide) groups is 1. The van der Waals surface area contributed by atoms with Crippen molar-refractivity contribution in [1.82, 2.24) is 19.7 Å². The molecule has 0 aliphatic carbocycles. The molecule has 1 saturated heterocycles. The minimum Gasteiger partial charge on any atom is -0.497 e. The lowest BCUT2D eigenvalue weighted by atomic mass is 10.1. The van der Waals surface area contributed by atoms with E-state index in [4.69, 9.17) is 4.74 Å². The molecule has 0 saturated carbocycles. The summed E-state index contributed by atoms with van der Waals surface area (Å²) in [5, 5.41) is 9.62. The lowest BCUT2D eigenvalue weighted by Crippen LogP contribution is -2.36. The fourth-order valence-electron chi connectivity index (χ4n) is 3.66. The summed E-state index contributed by atoms with van der Waals surface area (Å²) in [6, 6.07) is 16.0. The zero-order valence-electron chi connectivity index (χ0n) is 17.4. The summed E-state index contributed by atoms with van der Waals surface area (Å²) in [6.07, 6.45) is 3.40.